The zero-order valence-electron chi connectivity index (χ0n) is 19.6. The lowest BCUT2D eigenvalue weighted by molar-refractivity contribution is -0.122. The van der Waals surface area contributed by atoms with Gasteiger partial charge in [0, 0.05) is 23.7 Å². The Hall–Kier alpha value is -3.23. The monoisotopic (exact) mass is 514 g/mol. The maximum Gasteiger partial charge on any atom is 0.236 e. The van der Waals surface area contributed by atoms with E-state index < -0.39 is 17.6 Å². The van der Waals surface area contributed by atoms with Crippen molar-refractivity contribution in [3.8, 4) is 16.9 Å². The smallest absolute Gasteiger partial charge is 0.236 e. The minimum absolute atomic E-state index is 0. The van der Waals surface area contributed by atoms with E-state index in [0.717, 1.165) is 31.1 Å². The summed E-state index contributed by atoms with van der Waals surface area (Å²) in [7, 11) is 0. The molecule has 3 aromatic rings. The number of aromatic hydroxyl groups is 1. The molecular formula is C27H32ClFN4O3. The molecule has 5 N–H and O–H groups in total. The molecule has 1 saturated carbocycles. The third-order valence-corrected chi connectivity index (χ3v) is 6.72. The summed E-state index contributed by atoms with van der Waals surface area (Å²) >= 11 is 5.98. The molecule has 0 radical (unpaired) electrons. The maximum atomic E-state index is 14.1. The van der Waals surface area contributed by atoms with Gasteiger partial charge in [-0.15, -0.1) is 0 Å². The lowest BCUT2D eigenvalue weighted by Gasteiger charge is -2.31. The van der Waals surface area contributed by atoms with E-state index in [1.807, 2.05) is 6.07 Å². The van der Waals surface area contributed by atoms with Crippen LogP contribution in [-0.2, 0) is 4.79 Å². The molecule has 36 heavy (non-hydrogen) atoms. The van der Waals surface area contributed by atoms with Gasteiger partial charge < -0.3 is 21.5 Å². The number of carbonyl (C=O) groups is 2. The van der Waals surface area contributed by atoms with Crippen LogP contribution in [0.3, 0.4) is 0 Å². The highest BCUT2D eigenvalue weighted by atomic mass is 35.5. The number of carbonyl (C=O) groups excluding carboxylic acids is 2. The van der Waals surface area contributed by atoms with E-state index in [2.05, 4.69) is 15.6 Å². The van der Waals surface area contributed by atoms with Gasteiger partial charge in [-0.2, -0.15) is 0 Å². The SMILES string of the molecule is C.CC(=O)c1cnc2ccc(-c3cc(F)c(O)c(Cl)c3)cc2c1NC1CCC(NC(=O)[C@H](C)N)CC1. The second kappa shape index (κ2) is 11.2. The quantitative estimate of drug-likeness (QED) is 0.326. The fourth-order valence-corrected chi connectivity index (χ4v) is 4.65. The van der Waals surface area contributed by atoms with E-state index in [-0.39, 0.29) is 36.2 Å². The molecule has 1 atom stereocenters. The lowest BCUT2D eigenvalue weighted by Crippen LogP contribution is -2.46. The van der Waals surface area contributed by atoms with Gasteiger partial charge in [-0.25, -0.2) is 4.39 Å². The molecule has 0 unspecified atom stereocenters. The zero-order valence-corrected chi connectivity index (χ0v) is 20.3. The van der Waals surface area contributed by atoms with Gasteiger partial charge in [-0.3, -0.25) is 14.6 Å². The fourth-order valence-electron chi connectivity index (χ4n) is 4.45. The van der Waals surface area contributed by atoms with Crippen LogP contribution in [0.4, 0.5) is 10.1 Å². The highest BCUT2D eigenvalue weighted by molar-refractivity contribution is 6.32. The van der Waals surface area contributed by atoms with E-state index in [1.54, 1.807) is 25.3 Å². The molecule has 192 valence electrons. The number of fused-ring (bicyclic) bond motifs is 1. The summed E-state index contributed by atoms with van der Waals surface area (Å²) in [6.07, 6.45) is 4.78. The van der Waals surface area contributed by atoms with Crippen LogP contribution in [0.1, 0.15) is 57.3 Å². The van der Waals surface area contributed by atoms with Crippen LogP contribution in [0.2, 0.25) is 5.02 Å². The van der Waals surface area contributed by atoms with Crippen LogP contribution in [0.5, 0.6) is 5.75 Å². The average Bonchev–Trinajstić information content (AvgIpc) is 2.83. The number of nitrogens with one attached hydrogen (secondary N) is 2. The highest BCUT2D eigenvalue weighted by Gasteiger charge is 2.25. The fraction of sp³-hybridized carbons (Fsp3) is 0.370. The van der Waals surface area contributed by atoms with Crippen LogP contribution in [0.25, 0.3) is 22.0 Å². The number of nitrogens with two attached hydrogens (primary N) is 1. The largest absolute Gasteiger partial charge is 0.504 e. The van der Waals surface area contributed by atoms with Gasteiger partial charge >= 0.3 is 0 Å². The summed E-state index contributed by atoms with van der Waals surface area (Å²) in [5.41, 5.74) is 8.66. The highest BCUT2D eigenvalue weighted by Crippen LogP contribution is 2.36. The van der Waals surface area contributed by atoms with Crippen LogP contribution >= 0.6 is 11.6 Å². The molecule has 1 aliphatic rings. The van der Waals surface area contributed by atoms with Gasteiger partial charge in [-0.05, 0) is 74.9 Å². The number of halogens is 2. The number of pyridine rings is 1. The molecule has 9 heteroatoms. The van der Waals surface area contributed by atoms with Crippen LogP contribution in [0.15, 0.2) is 36.5 Å². The Bertz CT molecular complexity index is 1270. The first-order valence-electron chi connectivity index (χ1n) is 11.6. The number of Topliss-reactive ketones (excluding diaryl/α,β-unsaturated/α-hetero) is 1. The number of aromatic nitrogens is 1. The second-order valence-electron chi connectivity index (χ2n) is 9.11. The number of benzene rings is 2. The zero-order chi connectivity index (χ0) is 25.3. The first-order valence-corrected chi connectivity index (χ1v) is 12.0. The number of anilines is 1. The van der Waals surface area contributed by atoms with Gasteiger partial charge in [-0.1, -0.05) is 25.1 Å². The van der Waals surface area contributed by atoms with Crippen molar-refractivity contribution in [2.75, 3.05) is 5.32 Å². The van der Waals surface area contributed by atoms with Crippen molar-refractivity contribution >= 4 is 39.9 Å². The predicted octanol–water partition coefficient (Wildman–Crippen LogP) is 5.43. The molecule has 1 heterocycles. The van der Waals surface area contributed by atoms with Crippen molar-refractivity contribution in [2.45, 2.75) is 65.1 Å². The average molecular weight is 515 g/mol. The summed E-state index contributed by atoms with van der Waals surface area (Å²) in [5.74, 6) is -1.68. The van der Waals surface area contributed by atoms with Crippen LogP contribution in [-0.4, -0.2) is 39.9 Å². The predicted molar refractivity (Wildman–Crippen MR) is 142 cm³/mol. The number of nitrogens with zero attached hydrogens (tertiary/aromatic N) is 1. The van der Waals surface area contributed by atoms with Crippen molar-refractivity contribution in [3.05, 3.63) is 52.9 Å². The Morgan fingerprint density at radius 3 is 2.42 bits per heavy atom. The van der Waals surface area contributed by atoms with E-state index >= 15 is 0 Å². The molecule has 7 nitrogen and oxygen atoms in total. The molecule has 0 spiro atoms. The number of rotatable bonds is 6. The van der Waals surface area contributed by atoms with Crippen molar-refractivity contribution in [1.82, 2.24) is 10.3 Å². The molecule has 1 aliphatic carbocycles. The third-order valence-electron chi connectivity index (χ3n) is 6.43. The molecule has 1 amide bonds. The van der Waals surface area contributed by atoms with E-state index in [0.29, 0.717) is 27.9 Å². The van der Waals surface area contributed by atoms with Crippen molar-refractivity contribution < 1.29 is 19.1 Å². The Morgan fingerprint density at radius 1 is 1.14 bits per heavy atom. The molecule has 0 bridgehead atoms. The molecule has 2 aromatic carbocycles. The van der Waals surface area contributed by atoms with E-state index in [1.165, 1.54) is 19.1 Å². The molecule has 0 saturated heterocycles. The van der Waals surface area contributed by atoms with E-state index in [4.69, 9.17) is 17.3 Å². The van der Waals surface area contributed by atoms with Crippen molar-refractivity contribution in [2.24, 2.45) is 5.73 Å². The number of phenolic OH excluding ortho intramolecular Hbond substituents is 1. The van der Waals surface area contributed by atoms with Crippen LogP contribution in [0, 0.1) is 5.82 Å². The number of ketones is 1. The summed E-state index contributed by atoms with van der Waals surface area (Å²) in [5, 5.41) is 16.8. The van der Waals surface area contributed by atoms with Gasteiger partial charge in [0.1, 0.15) is 0 Å². The van der Waals surface area contributed by atoms with Gasteiger partial charge in [0.05, 0.1) is 27.8 Å². The Labute approximate surface area is 215 Å². The molecule has 4 rings (SSSR count). The molecule has 0 aliphatic heterocycles. The van der Waals surface area contributed by atoms with Crippen molar-refractivity contribution in [3.63, 3.8) is 0 Å². The maximum absolute atomic E-state index is 14.1. The second-order valence-corrected chi connectivity index (χ2v) is 9.52. The summed E-state index contributed by atoms with van der Waals surface area (Å²) in [6, 6.07) is 7.79. The Kier molecular flexibility index (Phi) is 8.53. The molecular weight excluding hydrogens is 483 g/mol. The summed E-state index contributed by atoms with van der Waals surface area (Å²) in [6.45, 7) is 3.16. The summed E-state index contributed by atoms with van der Waals surface area (Å²) < 4.78 is 14.1. The molecule has 1 aromatic heterocycles. The normalized spacial score (nSPS) is 18.2. The van der Waals surface area contributed by atoms with Gasteiger partial charge in [0.15, 0.2) is 17.3 Å². The minimum atomic E-state index is -0.811. The topological polar surface area (TPSA) is 117 Å². The van der Waals surface area contributed by atoms with Crippen molar-refractivity contribution in [1.29, 1.82) is 0 Å². The van der Waals surface area contributed by atoms with Gasteiger partial charge in [0.25, 0.3) is 0 Å². The number of amides is 1. The first-order chi connectivity index (χ1) is 16.6. The van der Waals surface area contributed by atoms with Gasteiger partial charge in [0.2, 0.25) is 5.91 Å². The number of phenols is 1. The van der Waals surface area contributed by atoms with Crippen LogP contribution < -0.4 is 16.4 Å². The molecule has 1 fully saturated rings. The third kappa shape index (κ3) is 5.77. The minimum Gasteiger partial charge on any atom is -0.504 e. The lowest BCUT2D eigenvalue weighted by atomic mass is 9.90. The number of hydrogen-bond donors (Lipinski definition) is 4. The first kappa shape index (κ1) is 27.4. The number of hydrogen-bond acceptors (Lipinski definition) is 6. The standard InChI is InChI=1S/C26H28ClFN4O3.CH4/c1-13(29)26(35)32-18-6-4-17(5-7-18)31-24-19-9-15(16-10-21(27)25(34)22(28)11-16)3-8-23(19)30-12-20(24)14(2)33;/h3,8-13,17-18,34H,4-7,29H2,1-2H3,(H,30,31)(H,32,35);1H4/t13-,17?,18?;/m0./s1. The van der Waals surface area contributed by atoms with E-state index in [9.17, 15) is 19.1 Å². The Morgan fingerprint density at radius 2 is 1.81 bits per heavy atom. The summed E-state index contributed by atoms with van der Waals surface area (Å²) in [4.78, 5) is 28.8. The Balaban J connectivity index is 0.00000361.